The van der Waals surface area contributed by atoms with Crippen LogP contribution in [0.5, 0.6) is 5.75 Å². The number of hydrogen-bond donors (Lipinski definition) is 0. The highest BCUT2D eigenvalue weighted by Crippen LogP contribution is 2.15. The van der Waals surface area contributed by atoms with Gasteiger partial charge in [-0.2, -0.15) is 0 Å². The minimum atomic E-state index is -0.358. The first-order chi connectivity index (χ1) is 9.99. The highest BCUT2D eigenvalue weighted by atomic mass is 16.5. The van der Waals surface area contributed by atoms with Crippen molar-refractivity contribution in [1.29, 1.82) is 0 Å². The van der Waals surface area contributed by atoms with Gasteiger partial charge in [-0.25, -0.2) is 0 Å². The van der Waals surface area contributed by atoms with Crippen molar-refractivity contribution in [3.05, 3.63) is 29.8 Å². The van der Waals surface area contributed by atoms with Gasteiger partial charge in [0.2, 0.25) is 0 Å². The van der Waals surface area contributed by atoms with Crippen molar-refractivity contribution in [2.75, 3.05) is 27.3 Å². The molecule has 1 amide bonds. The van der Waals surface area contributed by atoms with Crippen LogP contribution in [0.25, 0.3) is 0 Å². The van der Waals surface area contributed by atoms with E-state index in [0.717, 1.165) is 6.42 Å². The quantitative estimate of drug-likeness (QED) is 0.724. The first-order valence-electron chi connectivity index (χ1n) is 7.05. The molecule has 0 heterocycles. The zero-order valence-electron chi connectivity index (χ0n) is 13.1. The first-order valence-corrected chi connectivity index (χ1v) is 7.05. The fourth-order valence-corrected chi connectivity index (χ4v) is 1.93. The summed E-state index contributed by atoms with van der Waals surface area (Å²) in [5.41, 5.74) is 0.545. The normalized spacial score (nSPS) is 11.6. The summed E-state index contributed by atoms with van der Waals surface area (Å²) in [7, 11) is 3.01. The molecule has 0 aliphatic rings. The first kappa shape index (κ1) is 17.0. The molecule has 1 aromatic rings. The predicted octanol–water partition coefficient (Wildman–Crippen LogP) is 2.36. The lowest BCUT2D eigenvalue weighted by Crippen LogP contribution is -2.34. The molecule has 1 atom stereocenters. The van der Waals surface area contributed by atoms with E-state index in [4.69, 9.17) is 4.74 Å². The van der Waals surface area contributed by atoms with Gasteiger partial charge in [0.25, 0.3) is 5.91 Å². The number of nitrogens with zero attached hydrogens (tertiary/aromatic N) is 1. The number of esters is 1. The molecule has 0 aromatic heterocycles. The van der Waals surface area contributed by atoms with E-state index in [1.54, 1.807) is 32.2 Å². The third-order valence-corrected chi connectivity index (χ3v) is 3.05. The van der Waals surface area contributed by atoms with Crippen LogP contribution in [0.4, 0.5) is 0 Å². The van der Waals surface area contributed by atoms with Gasteiger partial charge in [-0.05, 0) is 24.6 Å². The zero-order valence-corrected chi connectivity index (χ0v) is 13.1. The summed E-state index contributed by atoms with van der Waals surface area (Å²) in [5, 5.41) is 0. The third kappa shape index (κ3) is 5.10. The maximum Gasteiger partial charge on any atom is 0.310 e. The molecule has 21 heavy (non-hydrogen) atoms. The lowest BCUT2D eigenvalue weighted by molar-refractivity contribution is -0.145. The molecule has 0 aliphatic heterocycles. The molecule has 0 fully saturated rings. The van der Waals surface area contributed by atoms with E-state index in [0.29, 0.717) is 24.5 Å². The van der Waals surface area contributed by atoms with Crippen LogP contribution in [0.2, 0.25) is 0 Å². The van der Waals surface area contributed by atoms with Crippen LogP contribution in [0.1, 0.15) is 30.6 Å². The van der Waals surface area contributed by atoms with Crippen molar-refractivity contribution in [2.24, 2.45) is 5.92 Å². The zero-order chi connectivity index (χ0) is 15.8. The predicted molar refractivity (Wildman–Crippen MR) is 80.4 cm³/mol. The molecule has 0 aliphatic carbocycles. The maximum atomic E-state index is 12.3. The summed E-state index contributed by atoms with van der Waals surface area (Å²) in [6.45, 7) is 4.69. The minimum Gasteiger partial charge on any atom is -0.494 e. The lowest BCUT2D eigenvalue weighted by Gasteiger charge is -2.20. The Morgan fingerprint density at radius 3 is 2.67 bits per heavy atom. The van der Waals surface area contributed by atoms with E-state index >= 15 is 0 Å². The average Bonchev–Trinajstić information content (AvgIpc) is 2.51. The second-order valence-electron chi connectivity index (χ2n) is 4.99. The summed E-state index contributed by atoms with van der Waals surface area (Å²) in [5.74, 6) is -0.150. The second-order valence-corrected chi connectivity index (χ2v) is 4.99. The average molecular weight is 293 g/mol. The molecular formula is C16H23NO4. The number of hydrogen-bond acceptors (Lipinski definition) is 4. The summed E-state index contributed by atoms with van der Waals surface area (Å²) in [4.78, 5) is 25.2. The molecule has 0 radical (unpaired) electrons. The van der Waals surface area contributed by atoms with E-state index < -0.39 is 0 Å². The summed E-state index contributed by atoms with van der Waals surface area (Å²) < 4.78 is 10.2. The number of ether oxygens (including phenoxy) is 2. The van der Waals surface area contributed by atoms with Crippen molar-refractivity contribution in [2.45, 2.75) is 20.3 Å². The highest BCUT2D eigenvalue weighted by Gasteiger charge is 2.19. The Morgan fingerprint density at radius 2 is 2.05 bits per heavy atom. The summed E-state index contributed by atoms with van der Waals surface area (Å²) >= 11 is 0. The summed E-state index contributed by atoms with van der Waals surface area (Å²) in [6, 6.07) is 7.07. The molecule has 1 aromatic carbocycles. The van der Waals surface area contributed by atoms with E-state index in [2.05, 4.69) is 4.74 Å². The highest BCUT2D eigenvalue weighted by molar-refractivity contribution is 5.94. The van der Waals surface area contributed by atoms with Gasteiger partial charge in [0.15, 0.2) is 0 Å². The Hall–Kier alpha value is -2.04. The van der Waals surface area contributed by atoms with Crippen molar-refractivity contribution in [1.82, 2.24) is 4.90 Å². The van der Waals surface area contributed by atoms with Crippen LogP contribution < -0.4 is 4.74 Å². The number of carbonyl (C=O) groups excluding carboxylic acids is 2. The fraction of sp³-hybridized carbons (Fsp3) is 0.500. The molecule has 0 saturated carbocycles. The molecule has 116 valence electrons. The van der Waals surface area contributed by atoms with Crippen molar-refractivity contribution < 1.29 is 19.1 Å². The van der Waals surface area contributed by atoms with Gasteiger partial charge in [0.05, 0.1) is 19.6 Å². The molecule has 0 N–H and O–H groups in total. The standard InChI is InChI=1S/C16H23NO4/c1-5-9-21-14-8-6-7-13(10-14)15(18)17(3)11-12(2)16(19)20-4/h6-8,10,12H,5,9,11H2,1-4H3. The van der Waals surface area contributed by atoms with Gasteiger partial charge in [-0.15, -0.1) is 0 Å². The Labute approximate surface area is 125 Å². The van der Waals surface area contributed by atoms with Crippen LogP contribution in [0.15, 0.2) is 24.3 Å². The molecular weight excluding hydrogens is 270 g/mol. The van der Waals surface area contributed by atoms with Gasteiger partial charge >= 0.3 is 5.97 Å². The monoisotopic (exact) mass is 293 g/mol. The Balaban J connectivity index is 2.71. The topological polar surface area (TPSA) is 55.8 Å². The van der Waals surface area contributed by atoms with E-state index in [9.17, 15) is 9.59 Å². The van der Waals surface area contributed by atoms with Crippen LogP contribution in [-0.4, -0.2) is 44.1 Å². The lowest BCUT2D eigenvalue weighted by atomic mass is 10.1. The molecule has 1 rings (SSSR count). The SMILES string of the molecule is CCCOc1cccc(C(=O)N(C)CC(C)C(=O)OC)c1. The number of amides is 1. The Bertz CT molecular complexity index is 487. The smallest absolute Gasteiger partial charge is 0.310 e. The van der Waals surface area contributed by atoms with Crippen molar-refractivity contribution >= 4 is 11.9 Å². The van der Waals surface area contributed by atoms with Crippen LogP contribution >= 0.6 is 0 Å². The van der Waals surface area contributed by atoms with Gasteiger partial charge in [-0.3, -0.25) is 9.59 Å². The number of carbonyl (C=O) groups is 2. The van der Waals surface area contributed by atoms with E-state index in [-0.39, 0.29) is 17.8 Å². The molecule has 5 heteroatoms. The number of benzene rings is 1. The Morgan fingerprint density at radius 1 is 1.33 bits per heavy atom. The Kier molecular flexibility index (Phi) is 6.72. The van der Waals surface area contributed by atoms with Crippen molar-refractivity contribution in [3.63, 3.8) is 0 Å². The molecule has 0 bridgehead atoms. The van der Waals surface area contributed by atoms with Gasteiger partial charge < -0.3 is 14.4 Å². The van der Waals surface area contributed by atoms with Gasteiger partial charge in [0.1, 0.15) is 5.75 Å². The minimum absolute atomic E-state index is 0.146. The van der Waals surface area contributed by atoms with Crippen LogP contribution in [0, 0.1) is 5.92 Å². The molecule has 0 saturated heterocycles. The van der Waals surface area contributed by atoms with E-state index in [1.165, 1.54) is 12.0 Å². The second kappa shape index (κ2) is 8.29. The third-order valence-electron chi connectivity index (χ3n) is 3.05. The van der Waals surface area contributed by atoms with Gasteiger partial charge in [-0.1, -0.05) is 19.9 Å². The maximum absolute atomic E-state index is 12.3. The molecule has 1 unspecified atom stereocenters. The molecule has 0 spiro atoms. The number of methoxy groups -OCH3 is 1. The summed E-state index contributed by atoms with van der Waals surface area (Å²) in [6.07, 6.45) is 0.911. The van der Waals surface area contributed by atoms with Gasteiger partial charge in [0, 0.05) is 19.2 Å². The van der Waals surface area contributed by atoms with Crippen molar-refractivity contribution in [3.8, 4) is 5.75 Å². The number of rotatable bonds is 7. The molecule has 5 nitrogen and oxygen atoms in total. The largest absolute Gasteiger partial charge is 0.494 e. The van der Waals surface area contributed by atoms with Crippen LogP contribution in [-0.2, 0) is 9.53 Å². The fourth-order valence-electron chi connectivity index (χ4n) is 1.93. The van der Waals surface area contributed by atoms with Crippen LogP contribution in [0.3, 0.4) is 0 Å². The van der Waals surface area contributed by atoms with E-state index in [1.807, 2.05) is 13.0 Å².